The zero-order valence-corrected chi connectivity index (χ0v) is 11.6. The van der Waals surface area contributed by atoms with Crippen LogP contribution in [0.2, 0.25) is 0 Å². The summed E-state index contributed by atoms with van der Waals surface area (Å²) in [6.07, 6.45) is 0.181. The standard InChI is InChI=1S/C15H22N2O2/c1-11(2)12-3-5-14(6-4-12)17-8-7-16-13(10-17)9-15(18)19/h3-6,11,13,16H,7-10H2,1-2H3,(H,18,19). The second-order valence-corrected chi connectivity index (χ2v) is 5.44. The number of carboxylic acids is 1. The van der Waals surface area contributed by atoms with Crippen LogP contribution in [-0.4, -0.2) is 36.8 Å². The highest BCUT2D eigenvalue weighted by Crippen LogP contribution is 2.21. The lowest BCUT2D eigenvalue weighted by molar-refractivity contribution is -0.137. The molecule has 1 unspecified atom stereocenters. The van der Waals surface area contributed by atoms with E-state index in [4.69, 9.17) is 5.11 Å². The van der Waals surface area contributed by atoms with E-state index >= 15 is 0 Å². The van der Waals surface area contributed by atoms with Crippen LogP contribution in [0, 0.1) is 0 Å². The van der Waals surface area contributed by atoms with E-state index in [1.54, 1.807) is 0 Å². The van der Waals surface area contributed by atoms with Crippen molar-refractivity contribution in [1.82, 2.24) is 5.32 Å². The highest BCUT2D eigenvalue weighted by Gasteiger charge is 2.21. The van der Waals surface area contributed by atoms with Gasteiger partial charge in [-0.1, -0.05) is 26.0 Å². The first kappa shape index (κ1) is 13.9. The highest BCUT2D eigenvalue weighted by molar-refractivity contribution is 5.67. The van der Waals surface area contributed by atoms with E-state index in [2.05, 4.69) is 48.3 Å². The number of piperazine rings is 1. The van der Waals surface area contributed by atoms with Gasteiger partial charge in [-0.2, -0.15) is 0 Å². The molecule has 0 saturated carbocycles. The number of carboxylic acid groups (broad SMARTS) is 1. The SMILES string of the molecule is CC(C)c1ccc(N2CCNC(CC(=O)O)C2)cc1. The number of benzene rings is 1. The minimum atomic E-state index is -0.741. The van der Waals surface area contributed by atoms with Gasteiger partial charge in [0.2, 0.25) is 0 Å². The minimum absolute atomic E-state index is 0.0380. The van der Waals surface area contributed by atoms with E-state index in [1.807, 2.05) is 0 Å². The van der Waals surface area contributed by atoms with Gasteiger partial charge in [0.1, 0.15) is 0 Å². The first-order valence-electron chi connectivity index (χ1n) is 6.86. The van der Waals surface area contributed by atoms with Crippen LogP contribution in [0.15, 0.2) is 24.3 Å². The fourth-order valence-electron chi connectivity index (χ4n) is 2.48. The zero-order valence-electron chi connectivity index (χ0n) is 11.6. The molecule has 2 rings (SSSR count). The molecule has 1 aromatic carbocycles. The first-order chi connectivity index (χ1) is 9.06. The summed E-state index contributed by atoms with van der Waals surface area (Å²) in [4.78, 5) is 13.0. The van der Waals surface area contributed by atoms with Gasteiger partial charge in [-0.25, -0.2) is 0 Å². The Hall–Kier alpha value is -1.55. The second-order valence-electron chi connectivity index (χ2n) is 5.44. The number of nitrogens with one attached hydrogen (secondary N) is 1. The van der Waals surface area contributed by atoms with Crippen molar-refractivity contribution in [2.45, 2.75) is 32.2 Å². The Balaban J connectivity index is 2.02. The molecule has 1 heterocycles. The maximum absolute atomic E-state index is 10.8. The van der Waals surface area contributed by atoms with Crippen LogP contribution >= 0.6 is 0 Å². The molecule has 1 aromatic rings. The largest absolute Gasteiger partial charge is 0.481 e. The lowest BCUT2D eigenvalue weighted by Gasteiger charge is -2.34. The molecule has 4 nitrogen and oxygen atoms in total. The van der Waals surface area contributed by atoms with Crippen LogP contribution in [0.25, 0.3) is 0 Å². The van der Waals surface area contributed by atoms with Gasteiger partial charge in [-0.3, -0.25) is 4.79 Å². The topological polar surface area (TPSA) is 52.6 Å². The lowest BCUT2D eigenvalue weighted by Crippen LogP contribution is -2.51. The summed E-state index contributed by atoms with van der Waals surface area (Å²) in [6, 6.07) is 8.63. The molecule has 0 spiro atoms. The summed E-state index contributed by atoms with van der Waals surface area (Å²) in [7, 11) is 0. The van der Waals surface area contributed by atoms with Crippen LogP contribution in [0.4, 0.5) is 5.69 Å². The summed E-state index contributed by atoms with van der Waals surface area (Å²) in [5, 5.41) is 12.1. The van der Waals surface area contributed by atoms with Crippen molar-refractivity contribution in [3.63, 3.8) is 0 Å². The number of hydrogen-bond acceptors (Lipinski definition) is 3. The first-order valence-corrected chi connectivity index (χ1v) is 6.86. The van der Waals surface area contributed by atoms with Crippen molar-refractivity contribution in [2.75, 3.05) is 24.5 Å². The summed E-state index contributed by atoms with van der Waals surface area (Å²) < 4.78 is 0. The molecule has 1 atom stereocenters. The van der Waals surface area contributed by atoms with Crippen molar-refractivity contribution in [1.29, 1.82) is 0 Å². The molecule has 0 bridgehead atoms. The number of rotatable bonds is 4. The molecule has 1 aliphatic heterocycles. The highest BCUT2D eigenvalue weighted by atomic mass is 16.4. The molecule has 2 N–H and O–H groups in total. The van der Waals surface area contributed by atoms with Crippen molar-refractivity contribution in [3.05, 3.63) is 29.8 Å². The van der Waals surface area contributed by atoms with Crippen LogP contribution < -0.4 is 10.2 Å². The average Bonchev–Trinajstić information content (AvgIpc) is 2.38. The van der Waals surface area contributed by atoms with E-state index in [0.29, 0.717) is 5.92 Å². The summed E-state index contributed by atoms with van der Waals surface area (Å²) in [5.41, 5.74) is 2.52. The van der Waals surface area contributed by atoms with Gasteiger partial charge >= 0.3 is 5.97 Å². The molecule has 104 valence electrons. The van der Waals surface area contributed by atoms with Crippen LogP contribution in [0.5, 0.6) is 0 Å². The molecule has 4 heteroatoms. The van der Waals surface area contributed by atoms with E-state index < -0.39 is 5.97 Å². The van der Waals surface area contributed by atoms with Gasteiger partial charge < -0.3 is 15.3 Å². The van der Waals surface area contributed by atoms with E-state index in [0.717, 1.165) is 19.6 Å². The van der Waals surface area contributed by atoms with Crippen LogP contribution in [0.1, 0.15) is 31.7 Å². The molecule has 19 heavy (non-hydrogen) atoms. The minimum Gasteiger partial charge on any atom is -0.481 e. The maximum Gasteiger partial charge on any atom is 0.304 e. The molecule has 0 amide bonds. The zero-order chi connectivity index (χ0) is 13.8. The molecule has 0 radical (unpaired) electrons. The number of carbonyl (C=O) groups is 1. The molecule has 0 aromatic heterocycles. The van der Waals surface area contributed by atoms with Crippen molar-refractivity contribution < 1.29 is 9.90 Å². The predicted octanol–water partition coefficient (Wildman–Crippen LogP) is 2.06. The Morgan fingerprint density at radius 1 is 1.42 bits per heavy atom. The number of anilines is 1. The Morgan fingerprint density at radius 3 is 2.68 bits per heavy atom. The summed E-state index contributed by atoms with van der Waals surface area (Å²) >= 11 is 0. The Bertz CT molecular complexity index is 428. The molecule has 1 fully saturated rings. The lowest BCUT2D eigenvalue weighted by atomic mass is 10.0. The van der Waals surface area contributed by atoms with Crippen LogP contribution in [0.3, 0.4) is 0 Å². The molecular weight excluding hydrogens is 240 g/mol. The average molecular weight is 262 g/mol. The Morgan fingerprint density at radius 2 is 2.11 bits per heavy atom. The monoisotopic (exact) mass is 262 g/mol. The molecule has 0 aliphatic carbocycles. The molecular formula is C15H22N2O2. The second kappa shape index (κ2) is 6.06. The number of nitrogens with zero attached hydrogens (tertiary/aromatic N) is 1. The van der Waals surface area contributed by atoms with Gasteiger partial charge in [-0.15, -0.1) is 0 Å². The van der Waals surface area contributed by atoms with Gasteiger partial charge in [0, 0.05) is 31.4 Å². The molecule has 1 aliphatic rings. The summed E-state index contributed by atoms with van der Waals surface area (Å²) in [6.45, 7) is 6.89. The van der Waals surface area contributed by atoms with E-state index in [-0.39, 0.29) is 12.5 Å². The normalized spacial score (nSPS) is 19.7. The van der Waals surface area contributed by atoms with Gasteiger partial charge in [0.25, 0.3) is 0 Å². The maximum atomic E-state index is 10.8. The van der Waals surface area contributed by atoms with E-state index in [9.17, 15) is 4.79 Å². The Kier molecular flexibility index (Phi) is 4.43. The fourth-order valence-corrected chi connectivity index (χ4v) is 2.48. The quantitative estimate of drug-likeness (QED) is 0.872. The van der Waals surface area contributed by atoms with Gasteiger partial charge in [0.15, 0.2) is 0 Å². The molecule has 1 saturated heterocycles. The van der Waals surface area contributed by atoms with Gasteiger partial charge in [-0.05, 0) is 23.6 Å². The Labute approximate surface area is 114 Å². The van der Waals surface area contributed by atoms with Crippen molar-refractivity contribution in [3.8, 4) is 0 Å². The van der Waals surface area contributed by atoms with E-state index in [1.165, 1.54) is 11.3 Å². The summed E-state index contributed by atoms with van der Waals surface area (Å²) in [5.74, 6) is -0.202. The number of aliphatic carboxylic acids is 1. The smallest absolute Gasteiger partial charge is 0.304 e. The predicted molar refractivity (Wildman–Crippen MR) is 76.8 cm³/mol. The third-order valence-corrected chi connectivity index (χ3v) is 3.60. The van der Waals surface area contributed by atoms with Crippen molar-refractivity contribution in [2.24, 2.45) is 0 Å². The number of hydrogen-bond donors (Lipinski definition) is 2. The third-order valence-electron chi connectivity index (χ3n) is 3.60. The fraction of sp³-hybridized carbons (Fsp3) is 0.533. The van der Waals surface area contributed by atoms with Gasteiger partial charge in [0.05, 0.1) is 6.42 Å². The van der Waals surface area contributed by atoms with Crippen molar-refractivity contribution >= 4 is 11.7 Å². The third kappa shape index (κ3) is 3.70. The van der Waals surface area contributed by atoms with Crippen LogP contribution in [-0.2, 0) is 4.79 Å².